The Labute approximate surface area is 220 Å². The fourth-order valence-electron chi connectivity index (χ4n) is 4.39. The van der Waals surface area contributed by atoms with Gasteiger partial charge in [-0.05, 0) is 23.1 Å². The number of nitrogens with zero attached hydrogens (tertiary/aromatic N) is 3. The number of benzene rings is 2. The highest BCUT2D eigenvalue weighted by Gasteiger charge is 2.39. The summed E-state index contributed by atoms with van der Waals surface area (Å²) < 4.78 is 61.8. The minimum absolute atomic E-state index is 0.274. The highest BCUT2D eigenvalue weighted by Crippen LogP contribution is 2.40. The number of aromatic nitrogens is 2. The molecule has 0 radical (unpaired) electrons. The van der Waals surface area contributed by atoms with E-state index >= 15 is 0 Å². The van der Waals surface area contributed by atoms with E-state index in [9.17, 15) is 22.4 Å². The van der Waals surface area contributed by atoms with E-state index in [0.717, 1.165) is 17.7 Å². The maximum Gasteiger partial charge on any atom is 0.416 e. The minimum atomic E-state index is -4.51. The first-order valence-electron chi connectivity index (χ1n) is 12.3. The van der Waals surface area contributed by atoms with E-state index in [0.29, 0.717) is 18.1 Å². The first kappa shape index (κ1) is 29.3. The summed E-state index contributed by atoms with van der Waals surface area (Å²) in [7, 11) is 1.38. The lowest BCUT2D eigenvalue weighted by Crippen LogP contribution is -2.47. The number of ether oxygens (including phenoxy) is 1. The SMILES string of the molecule is COCC(=O)N(CC(F)CN)[C@@H](c1nc(-c2cccc(C(F)(F)F)c2)cn1Cc1ccccc1)C(C)(C)C. The summed E-state index contributed by atoms with van der Waals surface area (Å²) in [5.74, 6) is -0.0270. The molecule has 0 aliphatic heterocycles. The molecular formula is C28H34F4N4O2. The number of methoxy groups -OCH3 is 1. The molecule has 1 unspecified atom stereocenters. The van der Waals surface area contributed by atoms with Crippen molar-refractivity contribution in [2.45, 2.75) is 45.7 Å². The Bertz CT molecular complexity index is 1210. The number of nitrogens with two attached hydrogens (primary N) is 1. The molecule has 3 rings (SSSR count). The zero-order valence-corrected chi connectivity index (χ0v) is 22.0. The van der Waals surface area contributed by atoms with E-state index in [-0.39, 0.29) is 25.3 Å². The van der Waals surface area contributed by atoms with Crippen molar-refractivity contribution < 1.29 is 27.1 Å². The van der Waals surface area contributed by atoms with Gasteiger partial charge in [0, 0.05) is 32.0 Å². The largest absolute Gasteiger partial charge is 0.416 e. The van der Waals surface area contributed by atoms with Gasteiger partial charge in [-0.1, -0.05) is 63.2 Å². The van der Waals surface area contributed by atoms with Crippen molar-refractivity contribution >= 4 is 5.91 Å². The highest BCUT2D eigenvalue weighted by atomic mass is 19.4. The van der Waals surface area contributed by atoms with Crippen molar-refractivity contribution in [1.82, 2.24) is 14.5 Å². The van der Waals surface area contributed by atoms with Gasteiger partial charge in [0.15, 0.2) is 0 Å². The third-order valence-electron chi connectivity index (χ3n) is 6.10. The summed E-state index contributed by atoms with van der Waals surface area (Å²) in [6.07, 6.45) is -4.33. The molecule has 2 atom stereocenters. The zero-order valence-electron chi connectivity index (χ0n) is 22.0. The van der Waals surface area contributed by atoms with Gasteiger partial charge in [0.1, 0.15) is 18.6 Å². The Hall–Kier alpha value is -3.24. The second kappa shape index (κ2) is 12.1. The van der Waals surface area contributed by atoms with Gasteiger partial charge in [-0.25, -0.2) is 9.37 Å². The number of hydrogen-bond donors (Lipinski definition) is 1. The van der Waals surface area contributed by atoms with E-state index in [1.165, 1.54) is 18.1 Å². The topological polar surface area (TPSA) is 73.4 Å². The van der Waals surface area contributed by atoms with Gasteiger partial charge in [-0.15, -0.1) is 0 Å². The Morgan fingerprint density at radius 3 is 2.37 bits per heavy atom. The molecule has 206 valence electrons. The maximum absolute atomic E-state index is 14.6. The van der Waals surface area contributed by atoms with Crippen molar-refractivity contribution in [3.8, 4) is 11.3 Å². The number of amides is 1. The van der Waals surface area contributed by atoms with Crippen LogP contribution in [0.5, 0.6) is 0 Å². The van der Waals surface area contributed by atoms with Crippen molar-refractivity contribution in [2.75, 3.05) is 26.8 Å². The smallest absolute Gasteiger partial charge is 0.375 e. The second-order valence-corrected chi connectivity index (χ2v) is 10.3. The lowest BCUT2D eigenvalue weighted by molar-refractivity contribution is -0.141. The molecule has 6 nitrogen and oxygen atoms in total. The normalized spacial score (nSPS) is 13.8. The van der Waals surface area contributed by atoms with Crippen LogP contribution in [0.3, 0.4) is 0 Å². The summed E-state index contributed by atoms with van der Waals surface area (Å²) in [6.45, 7) is 5.20. The number of alkyl halides is 4. The third-order valence-corrected chi connectivity index (χ3v) is 6.10. The standard InChI is InChI=1S/C28H34F4N4O2/c1-27(2,3)25(36(16-22(29)14-33)24(37)18-38-4)26-34-23(17-35(26)15-19-9-6-5-7-10-19)20-11-8-12-21(13-20)28(30,31)32/h5-13,17,22,25H,14-16,18,33H2,1-4H3/t22?,25-/m0/s1. The summed E-state index contributed by atoms with van der Waals surface area (Å²) in [5.41, 5.74) is 5.64. The van der Waals surface area contributed by atoms with Crippen molar-refractivity contribution in [2.24, 2.45) is 11.1 Å². The second-order valence-electron chi connectivity index (χ2n) is 10.3. The molecule has 2 N–H and O–H groups in total. The molecule has 0 aliphatic carbocycles. The number of rotatable bonds is 10. The summed E-state index contributed by atoms with van der Waals surface area (Å²) >= 11 is 0. The van der Waals surface area contributed by atoms with Gasteiger partial charge in [0.2, 0.25) is 5.91 Å². The lowest BCUT2D eigenvalue weighted by Gasteiger charge is -2.40. The van der Waals surface area contributed by atoms with Gasteiger partial charge >= 0.3 is 6.18 Å². The van der Waals surface area contributed by atoms with Gasteiger partial charge < -0.3 is 19.9 Å². The summed E-state index contributed by atoms with van der Waals surface area (Å²) in [5, 5.41) is 0. The highest BCUT2D eigenvalue weighted by molar-refractivity contribution is 5.78. The average molecular weight is 535 g/mol. The monoisotopic (exact) mass is 534 g/mol. The van der Waals surface area contributed by atoms with Crippen LogP contribution in [-0.2, 0) is 22.3 Å². The molecule has 0 saturated carbocycles. The molecule has 10 heteroatoms. The third kappa shape index (κ3) is 7.20. The molecule has 38 heavy (non-hydrogen) atoms. The van der Waals surface area contributed by atoms with E-state index in [1.54, 1.807) is 12.3 Å². The van der Waals surface area contributed by atoms with Crippen LogP contribution in [-0.4, -0.2) is 53.3 Å². The zero-order chi connectivity index (χ0) is 28.1. The van der Waals surface area contributed by atoms with Crippen LogP contribution in [0, 0.1) is 5.41 Å². The number of carbonyl (C=O) groups excluding carboxylic acids is 1. The van der Waals surface area contributed by atoms with Gasteiger partial charge in [-0.3, -0.25) is 4.79 Å². The molecule has 0 spiro atoms. The Kier molecular flexibility index (Phi) is 9.32. The average Bonchev–Trinajstić information content (AvgIpc) is 3.26. The van der Waals surface area contributed by atoms with Crippen molar-refractivity contribution in [3.05, 3.63) is 77.7 Å². The molecular weight excluding hydrogens is 500 g/mol. The first-order chi connectivity index (χ1) is 17.8. The molecule has 0 saturated heterocycles. The number of halogens is 4. The number of hydrogen-bond acceptors (Lipinski definition) is 4. The Morgan fingerprint density at radius 1 is 1.11 bits per heavy atom. The van der Waals surface area contributed by atoms with E-state index < -0.39 is 35.3 Å². The van der Waals surface area contributed by atoms with Crippen LogP contribution < -0.4 is 5.73 Å². The molecule has 2 aromatic carbocycles. The minimum Gasteiger partial charge on any atom is -0.375 e. The van der Waals surface area contributed by atoms with Crippen LogP contribution in [0.4, 0.5) is 17.6 Å². The predicted octanol–water partition coefficient (Wildman–Crippen LogP) is 5.48. The molecule has 1 aromatic heterocycles. The van der Waals surface area contributed by atoms with Crippen LogP contribution in [0.2, 0.25) is 0 Å². The van der Waals surface area contributed by atoms with Crippen molar-refractivity contribution in [3.63, 3.8) is 0 Å². The molecule has 3 aromatic rings. The quantitative estimate of drug-likeness (QED) is 0.350. The van der Waals surface area contributed by atoms with Gasteiger partial charge in [0.25, 0.3) is 0 Å². The van der Waals surface area contributed by atoms with Gasteiger partial charge in [0.05, 0.1) is 23.8 Å². The predicted molar refractivity (Wildman–Crippen MR) is 138 cm³/mol. The van der Waals surface area contributed by atoms with E-state index in [2.05, 4.69) is 0 Å². The Balaban J connectivity index is 2.21. The fourth-order valence-corrected chi connectivity index (χ4v) is 4.39. The molecule has 0 aliphatic rings. The number of carbonyl (C=O) groups is 1. The number of imidazole rings is 1. The first-order valence-corrected chi connectivity index (χ1v) is 12.3. The molecule has 0 fully saturated rings. The van der Waals surface area contributed by atoms with Crippen LogP contribution in [0.1, 0.15) is 43.8 Å². The van der Waals surface area contributed by atoms with E-state index in [4.69, 9.17) is 15.5 Å². The molecule has 0 bridgehead atoms. The van der Waals surface area contributed by atoms with Crippen LogP contribution >= 0.6 is 0 Å². The molecule has 1 heterocycles. The lowest BCUT2D eigenvalue weighted by atomic mass is 9.84. The van der Waals surface area contributed by atoms with Crippen molar-refractivity contribution in [1.29, 1.82) is 0 Å². The molecule has 1 amide bonds. The maximum atomic E-state index is 14.6. The van der Waals surface area contributed by atoms with Crippen LogP contribution in [0.25, 0.3) is 11.3 Å². The summed E-state index contributed by atoms with van der Waals surface area (Å²) in [6, 6.07) is 13.7. The summed E-state index contributed by atoms with van der Waals surface area (Å²) in [4.78, 5) is 19.3. The Morgan fingerprint density at radius 2 is 1.79 bits per heavy atom. The van der Waals surface area contributed by atoms with Crippen LogP contribution in [0.15, 0.2) is 60.8 Å². The van der Waals surface area contributed by atoms with E-state index in [1.807, 2.05) is 55.7 Å². The van der Waals surface area contributed by atoms with Gasteiger partial charge in [-0.2, -0.15) is 13.2 Å². The fraction of sp³-hybridized carbons (Fsp3) is 0.429.